The first-order chi connectivity index (χ1) is 13.2. The summed E-state index contributed by atoms with van der Waals surface area (Å²) in [4.78, 5) is 0. The van der Waals surface area contributed by atoms with E-state index in [4.69, 9.17) is 9.31 Å². The van der Waals surface area contributed by atoms with E-state index in [1.54, 1.807) is 13.3 Å². The molecule has 1 aliphatic heterocycles. The molecule has 0 N–H and O–H groups in total. The molecule has 0 atom stereocenters. The second kappa shape index (κ2) is 12.8. The van der Waals surface area contributed by atoms with Crippen molar-refractivity contribution in [1.82, 2.24) is 0 Å². The van der Waals surface area contributed by atoms with E-state index in [2.05, 4.69) is 70.7 Å². The molecule has 0 bridgehead atoms. The minimum atomic E-state index is -2.09. The van der Waals surface area contributed by atoms with Crippen LogP contribution in [0.5, 0.6) is 0 Å². The average Bonchev–Trinajstić information content (AvgIpc) is 2.85. The Kier molecular flexibility index (Phi) is 12.1. The summed E-state index contributed by atoms with van der Waals surface area (Å²) in [7, 11) is -0.203. The van der Waals surface area contributed by atoms with Crippen molar-refractivity contribution in [1.29, 1.82) is 0 Å². The Balaban J connectivity index is 2.57. The Hall–Kier alpha value is 0.264. The first kappa shape index (κ1) is 26.3. The van der Waals surface area contributed by atoms with Crippen LogP contribution in [0, 0.1) is 0 Å². The van der Waals surface area contributed by atoms with Crippen molar-refractivity contribution in [2.45, 2.75) is 124 Å². The molecular formula is C24H47BO2Sn. The summed E-state index contributed by atoms with van der Waals surface area (Å²) in [5.74, 6) is 2.10. The Morgan fingerprint density at radius 1 is 0.714 bits per heavy atom. The van der Waals surface area contributed by atoms with E-state index in [0.717, 1.165) is 12.8 Å². The van der Waals surface area contributed by atoms with Crippen LogP contribution in [0.15, 0.2) is 22.2 Å². The average molecular weight is 497 g/mol. The normalized spacial score (nSPS) is 19.3. The van der Waals surface area contributed by atoms with Crippen molar-refractivity contribution in [3.8, 4) is 0 Å². The summed E-state index contributed by atoms with van der Waals surface area (Å²) < 4.78 is 19.6. The van der Waals surface area contributed by atoms with Crippen LogP contribution in [0.1, 0.15) is 99.8 Å². The van der Waals surface area contributed by atoms with Gasteiger partial charge in [0, 0.05) is 0 Å². The topological polar surface area (TPSA) is 18.5 Å². The Labute approximate surface area is 180 Å². The third kappa shape index (κ3) is 8.56. The molecular weight excluding hydrogens is 450 g/mol. The number of hydrogen-bond acceptors (Lipinski definition) is 2. The molecule has 0 aromatic rings. The Morgan fingerprint density at radius 2 is 1.14 bits per heavy atom. The molecule has 0 aliphatic carbocycles. The van der Waals surface area contributed by atoms with E-state index < -0.39 is 18.4 Å². The molecule has 1 saturated heterocycles. The van der Waals surface area contributed by atoms with Crippen LogP contribution in [0.4, 0.5) is 0 Å². The van der Waals surface area contributed by atoms with Gasteiger partial charge in [0.1, 0.15) is 0 Å². The molecule has 1 fully saturated rings. The molecule has 28 heavy (non-hydrogen) atoms. The third-order valence-electron chi connectivity index (χ3n) is 6.62. The zero-order valence-electron chi connectivity index (χ0n) is 20.0. The summed E-state index contributed by atoms with van der Waals surface area (Å²) in [6.45, 7) is 15.5. The summed E-state index contributed by atoms with van der Waals surface area (Å²) in [6, 6.07) is 0. The zero-order valence-corrected chi connectivity index (χ0v) is 22.8. The SMILES string of the molecule is CCC[CH2][Sn](/[CH]=C/CC/C=C/B1OC(C)(C)C(C)(C)O1)([CH2]CCC)[CH2]CCC. The van der Waals surface area contributed by atoms with E-state index in [0.29, 0.717) is 0 Å². The van der Waals surface area contributed by atoms with E-state index in [9.17, 15) is 0 Å². The van der Waals surface area contributed by atoms with Crippen molar-refractivity contribution >= 4 is 25.5 Å². The summed E-state index contributed by atoms with van der Waals surface area (Å²) >= 11 is -2.09. The molecule has 0 aromatic carbocycles. The molecule has 2 nitrogen and oxygen atoms in total. The first-order valence-electron chi connectivity index (χ1n) is 11.9. The van der Waals surface area contributed by atoms with E-state index in [1.807, 2.05) is 0 Å². The van der Waals surface area contributed by atoms with E-state index in [1.165, 1.54) is 38.5 Å². The standard InChI is InChI=1S/C12H20BO2.3C4H9.Sn/c1-6-7-8-9-10-13-14-11(2,3)12(4,5)15-13;3*1-3-4-2;/h1,6,9-10H,7-8H2,2-5H3;3*1,3-4H2,2H3;/b6-1?,10-9+;;;;. The van der Waals surface area contributed by atoms with Crippen molar-refractivity contribution in [2.75, 3.05) is 0 Å². The van der Waals surface area contributed by atoms with Gasteiger partial charge >= 0.3 is 181 Å². The quantitative estimate of drug-likeness (QED) is 0.180. The van der Waals surface area contributed by atoms with Crippen LogP contribution in [0.3, 0.4) is 0 Å². The Morgan fingerprint density at radius 3 is 1.57 bits per heavy atom. The first-order valence-corrected chi connectivity index (χ1v) is 19.6. The molecule has 0 unspecified atom stereocenters. The van der Waals surface area contributed by atoms with Crippen LogP contribution >= 0.6 is 0 Å². The van der Waals surface area contributed by atoms with Gasteiger partial charge in [0.15, 0.2) is 0 Å². The monoisotopic (exact) mass is 498 g/mol. The molecule has 0 aromatic heterocycles. The van der Waals surface area contributed by atoms with Crippen molar-refractivity contribution in [3.63, 3.8) is 0 Å². The van der Waals surface area contributed by atoms with Crippen molar-refractivity contribution in [3.05, 3.63) is 22.2 Å². The molecule has 1 heterocycles. The van der Waals surface area contributed by atoms with Crippen LogP contribution in [-0.2, 0) is 9.31 Å². The maximum atomic E-state index is 6.04. The molecule has 1 aliphatic rings. The fraction of sp³-hybridized carbons (Fsp3) is 0.833. The molecule has 0 radical (unpaired) electrons. The number of allylic oxidation sites excluding steroid dienone is 2. The number of unbranched alkanes of at least 4 members (excludes halogenated alkanes) is 4. The molecule has 0 saturated carbocycles. The predicted molar refractivity (Wildman–Crippen MR) is 128 cm³/mol. The van der Waals surface area contributed by atoms with Crippen LogP contribution < -0.4 is 0 Å². The second-order valence-corrected chi connectivity index (χ2v) is 22.7. The van der Waals surface area contributed by atoms with Crippen LogP contribution in [0.2, 0.25) is 13.3 Å². The fourth-order valence-electron chi connectivity index (χ4n) is 3.91. The summed E-state index contributed by atoms with van der Waals surface area (Å²) in [5, 5.41) is 0. The summed E-state index contributed by atoms with van der Waals surface area (Å²) in [5.41, 5.74) is -0.484. The molecule has 0 amide bonds. The number of hydrogen-bond donors (Lipinski definition) is 0. The van der Waals surface area contributed by atoms with Gasteiger partial charge in [0.2, 0.25) is 0 Å². The van der Waals surface area contributed by atoms with Crippen molar-refractivity contribution < 1.29 is 9.31 Å². The Bertz CT molecular complexity index is 447. The van der Waals surface area contributed by atoms with E-state index in [-0.39, 0.29) is 18.3 Å². The maximum absolute atomic E-state index is 6.04. The van der Waals surface area contributed by atoms with Gasteiger partial charge in [-0.15, -0.1) is 0 Å². The van der Waals surface area contributed by atoms with Gasteiger partial charge < -0.3 is 0 Å². The summed E-state index contributed by atoms with van der Waals surface area (Å²) in [6.07, 6.45) is 15.4. The zero-order chi connectivity index (χ0) is 21.1. The van der Waals surface area contributed by atoms with Gasteiger partial charge in [-0.05, 0) is 0 Å². The third-order valence-corrected chi connectivity index (χ3v) is 20.9. The van der Waals surface area contributed by atoms with Crippen LogP contribution in [-0.4, -0.2) is 36.7 Å². The van der Waals surface area contributed by atoms with Crippen molar-refractivity contribution in [2.24, 2.45) is 0 Å². The molecule has 0 spiro atoms. The van der Waals surface area contributed by atoms with Gasteiger partial charge in [-0.1, -0.05) is 0 Å². The van der Waals surface area contributed by atoms with Gasteiger partial charge in [0.05, 0.1) is 0 Å². The number of rotatable bonds is 14. The van der Waals surface area contributed by atoms with Gasteiger partial charge in [-0.2, -0.15) is 0 Å². The predicted octanol–water partition coefficient (Wildman–Crippen LogP) is 7.90. The van der Waals surface area contributed by atoms with Gasteiger partial charge in [-0.3, -0.25) is 0 Å². The molecule has 4 heteroatoms. The van der Waals surface area contributed by atoms with Gasteiger partial charge in [-0.25, -0.2) is 0 Å². The molecule has 162 valence electrons. The van der Waals surface area contributed by atoms with Gasteiger partial charge in [0.25, 0.3) is 0 Å². The fourth-order valence-corrected chi connectivity index (χ4v) is 18.4. The molecule has 1 rings (SSSR count). The second-order valence-electron chi connectivity index (χ2n) is 9.71. The van der Waals surface area contributed by atoms with E-state index >= 15 is 0 Å². The van der Waals surface area contributed by atoms with Crippen LogP contribution in [0.25, 0.3) is 0 Å². The minimum absolute atomic E-state index is 0.203.